The van der Waals surface area contributed by atoms with Crippen LogP contribution in [0, 0.1) is 0 Å². The summed E-state index contributed by atoms with van der Waals surface area (Å²) in [5.74, 6) is 0.582. The summed E-state index contributed by atoms with van der Waals surface area (Å²) in [6, 6.07) is 7.91. The van der Waals surface area contributed by atoms with Crippen molar-refractivity contribution in [2.45, 2.75) is 38.5 Å². The van der Waals surface area contributed by atoms with Crippen LogP contribution in [0.25, 0.3) is 0 Å². The molecular formula is C18H23N3OS. The van der Waals surface area contributed by atoms with E-state index in [1.165, 1.54) is 19.3 Å². The highest BCUT2D eigenvalue weighted by Crippen LogP contribution is 2.29. The fourth-order valence-electron chi connectivity index (χ4n) is 2.82. The van der Waals surface area contributed by atoms with Crippen LogP contribution in [0.15, 0.2) is 35.8 Å². The summed E-state index contributed by atoms with van der Waals surface area (Å²) in [5.41, 5.74) is 0.585. The topological polar surface area (TPSA) is 45.2 Å². The molecule has 3 rings (SSSR count). The number of pyridine rings is 1. The molecule has 0 saturated carbocycles. The Labute approximate surface area is 141 Å². The highest BCUT2D eigenvalue weighted by Gasteiger charge is 2.31. The minimum absolute atomic E-state index is 0.0295. The van der Waals surface area contributed by atoms with Gasteiger partial charge in [-0.15, -0.1) is 11.3 Å². The number of thiophene rings is 1. The second-order valence-corrected chi connectivity index (χ2v) is 7.45. The fraction of sp³-hybridized carbons (Fsp3) is 0.444. The number of carbonyl (C=O) groups is 1. The Balaban J connectivity index is 1.67. The average molecular weight is 329 g/mol. The number of anilines is 2. The number of nitrogens with one attached hydrogen (secondary N) is 1. The zero-order valence-electron chi connectivity index (χ0n) is 13.7. The maximum Gasteiger partial charge on any atom is 0.236 e. The lowest BCUT2D eigenvalue weighted by Crippen LogP contribution is -2.34. The number of piperidine rings is 1. The van der Waals surface area contributed by atoms with Crippen molar-refractivity contribution >= 4 is 28.7 Å². The third-order valence-corrected chi connectivity index (χ3v) is 5.61. The molecule has 1 fully saturated rings. The molecule has 1 aliphatic heterocycles. The molecule has 1 saturated heterocycles. The molecule has 0 bridgehead atoms. The summed E-state index contributed by atoms with van der Waals surface area (Å²) in [4.78, 5) is 20.4. The van der Waals surface area contributed by atoms with Crippen molar-refractivity contribution in [3.05, 3.63) is 40.7 Å². The van der Waals surface area contributed by atoms with Crippen molar-refractivity contribution in [3.8, 4) is 0 Å². The van der Waals surface area contributed by atoms with Crippen molar-refractivity contribution in [3.63, 3.8) is 0 Å². The van der Waals surface area contributed by atoms with E-state index >= 15 is 0 Å². The number of hydrogen-bond donors (Lipinski definition) is 1. The van der Waals surface area contributed by atoms with Gasteiger partial charge in [-0.1, -0.05) is 6.07 Å². The molecule has 23 heavy (non-hydrogen) atoms. The lowest BCUT2D eigenvalue weighted by atomic mass is 9.90. The summed E-state index contributed by atoms with van der Waals surface area (Å²) in [7, 11) is 0. The Morgan fingerprint density at radius 3 is 2.61 bits per heavy atom. The largest absolute Gasteiger partial charge is 0.370 e. The predicted molar refractivity (Wildman–Crippen MR) is 96.3 cm³/mol. The van der Waals surface area contributed by atoms with Crippen LogP contribution in [-0.2, 0) is 10.2 Å². The van der Waals surface area contributed by atoms with E-state index < -0.39 is 5.41 Å². The Bertz CT molecular complexity index is 643. The van der Waals surface area contributed by atoms with Gasteiger partial charge in [0.2, 0.25) is 5.91 Å². The molecule has 5 heteroatoms. The lowest BCUT2D eigenvalue weighted by molar-refractivity contribution is -0.120. The van der Waals surface area contributed by atoms with Gasteiger partial charge in [-0.2, -0.15) is 0 Å². The molecule has 0 aliphatic carbocycles. The van der Waals surface area contributed by atoms with E-state index in [1.54, 1.807) is 11.3 Å². The van der Waals surface area contributed by atoms with Gasteiger partial charge in [0.25, 0.3) is 0 Å². The summed E-state index contributed by atoms with van der Waals surface area (Å²) < 4.78 is 0. The minimum atomic E-state index is -0.554. The first-order valence-electron chi connectivity index (χ1n) is 8.14. The second kappa shape index (κ2) is 6.71. The minimum Gasteiger partial charge on any atom is -0.370 e. The first-order chi connectivity index (χ1) is 11.1. The van der Waals surface area contributed by atoms with Gasteiger partial charge in [-0.25, -0.2) is 4.98 Å². The normalized spacial score (nSPS) is 15.5. The van der Waals surface area contributed by atoms with Gasteiger partial charge in [0.1, 0.15) is 5.82 Å². The summed E-state index contributed by atoms with van der Waals surface area (Å²) in [5, 5.41) is 4.93. The van der Waals surface area contributed by atoms with Crippen molar-refractivity contribution in [1.82, 2.24) is 4.98 Å². The molecule has 0 radical (unpaired) electrons. The van der Waals surface area contributed by atoms with Gasteiger partial charge in [-0.05, 0) is 56.7 Å². The molecule has 0 unspecified atom stereocenters. The van der Waals surface area contributed by atoms with E-state index in [1.807, 2.05) is 49.7 Å². The van der Waals surface area contributed by atoms with E-state index in [-0.39, 0.29) is 5.91 Å². The molecule has 1 amide bonds. The van der Waals surface area contributed by atoms with Crippen molar-refractivity contribution in [2.75, 3.05) is 23.3 Å². The molecular weight excluding hydrogens is 306 g/mol. The summed E-state index contributed by atoms with van der Waals surface area (Å²) in [6.07, 6.45) is 5.66. The zero-order chi connectivity index (χ0) is 16.3. The first-order valence-corrected chi connectivity index (χ1v) is 9.02. The summed E-state index contributed by atoms with van der Waals surface area (Å²) >= 11 is 1.60. The van der Waals surface area contributed by atoms with Gasteiger partial charge in [0.05, 0.1) is 17.3 Å². The number of amides is 1. The predicted octanol–water partition coefficient (Wildman–Crippen LogP) is 4.05. The molecule has 2 aromatic heterocycles. The zero-order valence-corrected chi connectivity index (χ0v) is 14.5. The van der Waals surface area contributed by atoms with Crippen LogP contribution in [0.5, 0.6) is 0 Å². The van der Waals surface area contributed by atoms with Crippen LogP contribution < -0.4 is 10.2 Å². The smallest absolute Gasteiger partial charge is 0.236 e. The quantitative estimate of drug-likeness (QED) is 0.920. The van der Waals surface area contributed by atoms with Gasteiger partial charge in [0.15, 0.2) is 0 Å². The monoisotopic (exact) mass is 329 g/mol. The van der Waals surface area contributed by atoms with Gasteiger partial charge < -0.3 is 10.2 Å². The third-order valence-electron chi connectivity index (χ3n) is 4.42. The molecule has 0 aromatic carbocycles. The molecule has 0 atom stereocenters. The Hall–Kier alpha value is -1.88. The SMILES string of the molecule is CC(C)(C(=O)Nc1ccc(N2CCCCC2)cn1)c1cccs1. The number of hydrogen-bond acceptors (Lipinski definition) is 4. The maximum atomic E-state index is 12.6. The molecule has 122 valence electrons. The highest BCUT2D eigenvalue weighted by atomic mass is 32.1. The van der Waals surface area contributed by atoms with E-state index in [0.717, 1.165) is 23.7 Å². The number of rotatable bonds is 4. The van der Waals surface area contributed by atoms with Crippen LogP contribution in [0.2, 0.25) is 0 Å². The first kappa shape index (κ1) is 16.0. The van der Waals surface area contributed by atoms with E-state index in [4.69, 9.17) is 0 Å². The van der Waals surface area contributed by atoms with Gasteiger partial charge in [-0.3, -0.25) is 4.79 Å². The van der Waals surface area contributed by atoms with E-state index in [9.17, 15) is 4.79 Å². The molecule has 4 nitrogen and oxygen atoms in total. The molecule has 0 spiro atoms. The van der Waals surface area contributed by atoms with Crippen LogP contribution >= 0.6 is 11.3 Å². The van der Waals surface area contributed by atoms with Crippen molar-refractivity contribution in [2.24, 2.45) is 0 Å². The third kappa shape index (κ3) is 3.55. The van der Waals surface area contributed by atoms with Crippen LogP contribution in [-0.4, -0.2) is 24.0 Å². The van der Waals surface area contributed by atoms with E-state index in [2.05, 4.69) is 15.2 Å². The van der Waals surface area contributed by atoms with Gasteiger partial charge >= 0.3 is 0 Å². The Kier molecular flexibility index (Phi) is 4.66. The number of nitrogens with zero attached hydrogens (tertiary/aromatic N) is 2. The Morgan fingerprint density at radius 1 is 1.22 bits per heavy atom. The summed E-state index contributed by atoms with van der Waals surface area (Å²) in [6.45, 7) is 6.07. The molecule has 3 heterocycles. The Morgan fingerprint density at radius 2 is 2.00 bits per heavy atom. The molecule has 1 aliphatic rings. The van der Waals surface area contributed by atoms with Gasteiger partial charge in [0, 0.05) is 18.0 Å². The van der Waals surface area contributed by atoms with Crippen LogP contribution in [0.3, 0.4) is 0 Å². The second-order valence-electron chi connectivity index (χ2n) is 6.51. The average Bonchev–Trinajstić information content (AvgIpc) is 3.11. The van der Waals surface area contributed by atoms with Crippen molar-refractivity contribution < 1.29 is 4.79 Å². The van der Waals surface area contributed by atoms with Crippen LogP contribution in [0.1, 0.15) is 38.0 Å². The lowest BCUT2D eigenvalue weighted by Gasteiger charge is -2.28. The standard InChI is InChI=1S/C18H23N3OS/c1-18(2,15-7-6-12-23-15)17(22)20-16-9-8-14(13-19-16)21-10-4-3-5-11-21/h6-9,12-13H,3-5,10-11H2,1-2H3,(H,19,20,22). The molecule has 1 N–H and O–H groups in total. The number of aromatic nitrogens is 1. The molecule has 2 aromatic rings. The van der Waals surface area contributed by atoms with E-state index in [0.29, 0.717) is 5.82 Å². The number of carbonyl (C=O) groups excluding carboxylic acids is 1. The van der Waals surface area contributed by atoms with Crippen LogP contribution in [0.4, 0.5) is 11.5 Å². The van der Waals surface area contributed by atoms with Crippen molar-refractivity contribution in [1.29, 1.82) is 0 Å². The highest BCUT2D eigenvalue weighted by molar-refractivity contribution is 7.10. The maximum absolute atomic E-state index is 12.6. The fourth-order valence-corrected chi connectivity index (χ4v) is 3.67.